The van der Waals surface area contributed by atoms with Crippen molar-refractivity contribution in [3.05, 3.63) is 47.3 Å². The molecule has 2 N–H and O–H groups in total. The number of allylic oxidation sites excluding steroid dienone is 3. The van der Waals surface area contributed by atoms with Crippen molar-refractivity contribution in [2.75, 3.05) is 33.9 Å². The molecule has 0 saturated carbocycles. The fraction of sp³-hybridized carbons (Fsp3) is 0.500. The van der Waals surface area contributed by atoms with Crippen molar-refractivity contribution >= 4 is 0 Å². The van der Waals surface area contributed by atoms with Gasteiger partial charge in [-0.1, -0.05) is 12.7 Å². The van der Waals surface area contributed by atoms with Gasteiger partial charge in [0.15, 0.2) is 0 Å². The van der Waals surface area contributed by atoms with Crippen molar-refractivity contribution in [2.45, 2.75) is 18.9 Å². The summed E-state index contributed by atoms with van der Waals surface area (Å²) < 4.78 is 11.1. The van der Waals surface area contributed by atoms with Gasteiger partial charge in [0.05, 0.1) is 6.61 Å². The number of fused-ring (bicyclic) bond motifs is 1. The molecular weight excluding hydrogens is 252 g/mol. The van der Waals surface area contributed by atoms with E-state index in [1.54, 1.807) is 7.11 Å². The molecule has 1 aliphatic heterocycles. The van der Waals surface area contributed by atoms with E-state index in [1.807, 2.05) is 19.2 Å². The maximum atomic E-state index is 6.10. The number of nitrogens with two attached hydrogens (primary N) is 1. The van der Waals surface area contributed by atoms with Crippen LogP contribution in [0.2, 0.25) is 0 Å². The van der Waals surface area contributed by atoms with Crippen LogP contribution in [0.4, 0.5) is 0 Å². The number of likely N-dealkylation sites (N-methyl/N-ethyl adjacent to an activating group) is 1. The first-order valence-electron chi connectivity index (χ1n) is 7.03. The highest BCUT2D eigenvalue weighted by Crippen LogP contribution is 2.28. The highest BCUT2D eigenvalue weighted by atomic mass is 16.5. The Labute approximate surface area is 121 Å². The molecular formula is C16H24N2O2. The molecule has 4 heteroatoms. The van der Waals surface area contributed by atoms with E-state index in [1.165, 1.54) is 5.57 Å². The second kappa shape index (κ2) is 6.77. The van der Waals surface area contributed by atoms with Crippen LogP contribution < -0.4 is 5.73 Å². The molecule has 0 fully saturated rings. The second-order valence-electron chi connectivity index (χ2n) is 5.19. The van der Waals surface area contributed by atoms with Crippen molar-refractivity contribution in [3.63, 3.8) is 0 Å². The van der Waals surface area contributed by atoms with Crippen molar-refractivity contribution in [1.82, 2.24) is 4.90 Å². The van der Waals surface area contributed by atoms with Crippen LogP contribution in [0.1, 0.15) is 12.8 Å². The van der Waals surface area contributed by atoms with Crippen LogP contribution in [-0.2, 0) is 9.47 Å². The monoisotopic (exact) mass is 276 g/mol. The van der Waals surface area contributed by atoms with Gasteiger partial charge in [-0.15, -0.1) is 0 Å². The molecule has 0 saturated heterocycles. The minimum atomic E-state index is -0.0534. The molecule has 0 spiro atoms. The molecule has 2 bridgehead atoms. The van der Waals surface area contributed by atoms with Gasteiger partial charge in [-0.05, 0) is 30.6 Å². The van der Waals surface area contributed by atoms with Crippen LogP contribution in [0, 0.1) is 0 Å². The fourth-order valence-electron chi connectivity index (χ4n) is 2.43. The minimum absolute atomic E-state index is 0.0534. The Balaban J connectivity index is 2.19. The average Bonchev–Trinajstić information content (AvgIpc) is 2.78. The molecule has 1 unspecified atom stereocenters. The largest absolute Gasteiger partial charge is 0.399 e. The van der Waals surface area contributed by atoms with Crippen LogP contribution in [0.15, 0.2) is 47.3 Å². The van der Waals surface area contributed by atoms with Gasteiger partial charge >= 0.3 is 0 Å². The zero-order valence-corrected chi connectivity index (χ0v) is 12.4. The molecule has 0 aromatic carbocycles. The van der Waals surface area contributed by atoms with Crippen LogP contribution in [0.25, 0.3) is 0 Å². The smallest absolute Gasteiger partial charge is 0.103 e. The first kappa shape index (κ1) is 14.9. The van der Waals surface area contributed by atoms with Gasteiger partial charge in [-0.3, -0.25) is 0 Å². The Hall–Kier alpha value is -1.52. The van der Waals surface area contributed by atoms with E-state index in [-0.39, 0.29) is 6.10 Å². The summed E-state index contributed by atoms with van der Waals surface area (Å²) in [5, 5.41) is 0. The minimum Gasteiger partial charge on any atom is -0.399 e. The van der Waals surface area contributed by atoms with Crippen molar-refractivity contribution < 1.29 is 9.47 Å². The third-order valence-corrected chi connectivity index (χ3v) is 3.79. The first-order chi connectivity index (χ1) is 9.63. The average molecular weight is 276 g/mol. The lowest BCUT2D eigenvalue weighted by Crippen LogP contribution is -2.27. The topological polar surface area (TPSA) is 47.7 Å². The van der Waals surface area contributed by atoms with Gasteiger partial charge in [0.1, 0.15) is 6.10 Å². The summed E-state index contributed by atoms with van der Waals surface area (Å²) in [6.07, 6.45) is 8.06. The molecule has 0 radical (unpaired) electrons. The molecule has 4 nitrogen and oxygen atoms in total. The van der Waals surface area contributed by atoms with E-state index in [4.69, 9.17) is 15.2 Å². The SMILES string of the molecule is C=C(C1=CC=C(N)C2=CC1OCCC2)N(C)CCOC. The summed E-state index contributed by atoms with van der Waals surface area (Å²) in [7, 11) is 3.72. The van der Waals surface area contributed by atoms with Gasteiger partial charge in [-0.25, -0.2) is 0 Å². The van der Waals surface area contributed by atoms with Crippen molar-refractivity contribution in [3.8, 4) is 0 Å². The summed E-state index contributed by atoms with van der Waals surface area (Å²) in [6.45, 7) is 6.43. The van der Waals surface area contributed by atoms with E-state index in [9.17, 15) is 0 Å². The number of ether oxygens (including phenoxy) is 2. The highest BCUT2D eigenvalue weighted by Gasteiger charge is 2.23. The quantitative estimate of drug-likeness (QED) is 0.834. The van der Waals surface area contributed by atoms with E-state index in [2.05, 4.69) is 17.6 Å². The van der Waals surface area contributed by atoms with Gasteiger partial charge in [0.2, 0.25) is 0 Å². The third kappa shape index (κ3) is 3.32. The molecule has 20 heavy (non-hydrogen) atoms. The van der Waals surface area contributed by atoms with E-state index >= 15 is 0 Å². The molecule has 1 aliphatic carbocycles. The Morgan fingerprint density at radius 3 is 3.10 bits per heavy atom. The number of nitrogens with zero attached hydrogens (tertiary/aromatic N) is 1. The number of hydrogen-bond donors (Lipinski definition) is 1. The summed E-state index contributed by atoms with van der Waals surface area (Å²) in [4.78, 5) is 2.09. The lowest BCUT2D eigenvalue weighted by atomic mass is 10.0. The maximum absolute atomic E-state index is 6.10. The molecule has 2 rings (SSSR count). The van der Waals surface area contributed by atoms with Gasteiger partial charge in [0.25, 0.3) is 0 Å². The number of rotatable bonds is 5. The Morgan fingerprint density at radius 1 is 1.55 bits per heavy atom. The molecule has 0 amide bonds. The van der Waals surface area contributed by atoms with Crippen LogP contribution in [0.5, 0.6) is 0 Å². The van der Waals surface area contributed by atoms with Crippen LogP contribution >= 0.6 is 0 Å². The van der Waals surface area contributed by atoms with Gasteiger partial charge < -0.3 is 20.1 Å². The summed E-state index contributed by atoms with van der Waals surface area (Å²) in [6, 6.07) is 0. The predicted octanol–water partition coefficient (Wildman–Crippen LogP) is 1.97. The molecule has 0 aromatic rings. The van der Waals surface area contributed by atoms with Crippen molar-refractivity contribution in [1.29, 1.82) is 0 Å². The Bertz CT molecular complexity index is 463. The highest BCUT2D eigenvalue weighted by molar-refractivity contribution is 5.45. The maximum Gasteiger partial charge on any atom is 0.103 e. The fourth-order valence-corrected chi connectivity index (χ4v) is 2.43. The summed E-state index contributed by atoms with van der Waals surface area (Å²) in [5.41, 5.74) is 10.2. The zero-order chi connectivity index (χ0) is 14.5. The summed E-state index contributed by atoms with van der Waals surface area (Å²) in [5.74, 6) is 0. The normalized spacial score (nSPS) is 22.1. The molecule has 1 atom stereocenters. The second-order valence-corrected chi connectivity index (χ2v) is 5.19. The molecule has 110 valence electrons. The summed E-state index contributed by atoms with van der Waals surface area (Å²) >= 11 is 0. The van der Waals surface area contributed by atoms with E-state index < -0.39 is 0 Å². The van der Waals surface area contributed by atoms with E-state index in [0.717, 1.165) is 43.0 Å². The lowest BCUT2D eigenvalue weighted by Gasteiger charge is -2.26. The number of methoxy groups -OCH3 is 1. The van der Waals surface area contributed by atoms with Crippen molar-refractivity contribution in [2.24, 2.45) is 5.73 Å². The lowest BCUT2D eigenvalue weighted by molar-refractivity contribution is 0.109. The molecule has 1 heterocycles. The molecule has 2 aliphatic rings. The molecule has 0 aromatic heterocycles. The van der Waals surface area contributed by atoms with E-state index in [0.29, 0.717) is 6.61 Å². The third-order valence-electron chi connectivity index (χ3n) is 3.79. The standard InChI is InChI=1S/C16H24N2O2/c1-12(18(2)8-10-19-3)14-6-7-15(17)13-5-4-9-20-16(14)11-13/h6-7,11,16H,1,4-5,8-10,17H2,2-3H3. The van der Waals surface area contributed by atoms with Gasteiger partial charge in [0, 0.05) is 44.3 Å². The predicted molar refractivity (Wildman–Crippen MR) is 81.1 cm³/mol. The Morgan fingerprint density at radius 2 is 2.35 bits per heavy atom. The Kier molecular flexibility index (Phi) is 5.04. The van der Waals surface area contributed by atoms with Crippen LogP contribution in [0.3, 0.4) is 0 Å². The van der Waals surface area contributed by atoms with Crippen LogP contribution in [-0.4, -0.2) is 44.9 Å². The zero-order valence-electron chi connectivity index (χ0n) is 12.4. The first-order valence-corrected chi connectivity index (χ1v) is 7.03. The van der Waals surface area contributed by atoms with Gasteiger partial charge in [-0.2, -0.15) is 0 Å². The number of hydrogen-bond acceptors (Lipinski definition) is 4.